The van der Waals surface area contributed by atoms with Crippen molar-refractivity contribution in [2.24, 2.45) is 0 Å². The first-order valence-electron chi connectivity index (χ1n) is 4.16. The summed E-state index contributed by atoms with van der Waals surface area (Å²) in [5, 5.41) is 2.95. The Bertz CT molecular complexity index is 360. The molecule has 0 saturated heterocycles. The lowest BCUT2D eigenvalue weighted by Gasteiger charge is -2.10. The van der Waals surface area contributed by atoms with Crippen LogP contribution in [0, 0.1) is 3.57 Å². The van der Waals surface area contributed by atoms with E-state index in [9.17, 15) is 13.2 Å². The zero-order valence-electron chi connectivity index (χ0n) is 7.74. The fourth-order valence-electron chi connectivity index (χ4n) is 1.02. The summed E-state index contributed by atoms with van der Waals surface area (Å²) >= 11 is 1.87. The molecule has 15 heavy (non-hydrogen) atoms. The van der Waals surface area contributed by atoms with Crippen molar-refractivity contribution in [1.82, 2.24) is 0 Å². The Balaban J connectivity index is 2.93. The van der Waals surface area contributed by atoms with Gasteiger partial charge in [0.15, 0.2) is 0 Å². The smallest absolute Gasteiger partial charge is 0.381 e. The van der Waals surface area contributed by atoms with Crippen molar-refractivity contribution in [2.45, 2.75) is 6.18 Å². The maximum atomic E-state index is 12.3. The number of anilines is 1. The summed E-state index contributed by atoms with van der Waals surface area (Å²) in [5.41, 5.74) is 0.0551. The molecule has 0 radical (unpaired) electrons. The molecule has 1 N–H and O–H groups in total. The maximum absolute atomic E-state index is 12.3. The van der Waals surface area contributed by atoms with Crippen LogP contribution in [0.4, 0.5) is 18.9 Å². The van der Waals surface area contributed by atoms with Crippen molar-refractivity contribution in [3.05, 3.63) is 40.0 Å². The highest BCUT2D eigenvalue weighted by Crippen LogP contribution is 2.32. The van der Waals surface area contributed by atoms with Gasteiger partial charge in [0.25, 0.3) is 0 Å². The number of nitrogens with one attached hydrogen (secondary N) is 1. The van der Waals surface area contributed by atoms with Crippen molar-refractivity contribution in [2.75, 3.05) is 11.9 Å². The van der Waals surface area contributed by atoms with Gasteiger partial charge >= 0.3 is 6.18 Å². The molecule has 1 aromatic carbocycles. The molecule has 0 aliphatic heterocycles. The molecule has 0 heterocycles. The average molecular weight is 327 g/mol. The summed E-state index contributed by atoms with van der Waals surface area (Å²) in [6, 6.07) is 3.60. The zero-order chi connectivity index (χ0) is 11.5. The minimum Gasteiger partial charge on any atom is -0.381 e. The van der Waals surface area contributed by atoms with Crippen molar-refractivity contribution in [3.63, 3.8) is 0 Å². The molecule has 0 fully saturated rings. The Labute approximate surface area is 99.5 Å². The molecule has 82 valence electrons. The standard InChI is InChI=1S/C10H9F3IN/c1-2-5-15-9-4-3-7(6-8(9)14)10(11,12)13/h2-4,6,15H,1,5H2. The van der Waals surface area contributed by atoms with Crippen LogP contribution in [0.3, 0.4) is 0 Å². The van der Waals surface area contributed by atoms with Gasteiger partial charge in [-0.05, 0) is 40.8 Å². The Morgan fingerprint density at radius 2 is 2.07 bits per heavy atom. The van der Waals surface area contributed by atoms with E-state index in [-0.39, 0.29) is 0 Å². The summed E-state index contributed by atoms with van der Waals surface area (Å²) in [4.78, 5) is 0. The molecule has 5 heteroatoms. The monoisotopic (exact) mass is 327 g/mol. The molecule has 0 atom stereocenters. The fourth-order valence-corrected chi connectivity index (χ4v) is 1.72. The van der Waals surface area contributed by atoms with Gasteiger partial charge in [0, 0.05) is 15.8 Å². The van der Waals surface area contributed by atoms with E-state index in [2.05, 4.69) is 11.9 Å². The van der Waals surface area contributed by atoms with Crippen LogP contribution in [0.25, 0.3) is 0 Å². The predicted octanol–water partition coefficient (Wildman–Crippen LogP) is 3.91. The second-order valence-corrected chi connectivity index (χ2v) is 4.02. The molecule has 1 rings (SSSR count). The van der Waals surface area contributed by atoms with Crippen LogP contribution in [0.5, 0.6) is 0 Å². The minimum absolute atomic E-state index is 0.529. The lowest BCUT2D eigenvalue weighted by atomic mass is 10.2. The fraction of sp³-hybridized carbons (Fsp3) is 0.200. The quantitative estimate of drug-likeness (QED) is 0.656. The lowest BCUT2D eigenvalue weighted by Crippen LogP contribution is -2.07. The van der Waals surface area contributed by atoms with Crippen LogP contribution < -0.4 is 5.32 Å². The first kappa shape index (κ1) is 12.4. The third-order valence-corrected chi connectivity index (χ3v) is 2.63. The highest BCUT2D eigenvalue weighted by molar-refractivity contribution is 14.1. The average Bonchev–Trinajstić information content (AvgIpc) is 2.14. The molecular formula is C10H9F3IN. The van der Waals surface area contributed by atoms with E-state index < -0.39 is 11.7 Å². The number of hydrogen-bond acceptors (Lipinski definition) is 1. The van der Waals surface area contributed by atoms with Crippen molar-refractivity contribution >= 4 is 28.3 Å². The van der Waals surface area contributed by atoms with Gasteiger partial charge in [-0.2, -0.15) is 13.2 Å². The first-order valence-corrected chi connectivity index (χ1v) is 5.24. The number of benzene rings is 1. The summed E-state index contributed by atoms with van der Waals surface area (Å²) in [5.74, 6) is 0. The van der Waals surface area contributed by atoms with Crippen LogP contribution >= 0.6 is 22.6 Å². The van der Waals surface area contributed by atoms with E-state index in [1.165, 1.54) is 6.07 Å². The third-order valence-electron chi connectivity index (χ3n) is 1.73. The molecule has 0 unspecified atom stereocenters. The predicted molar refractivity (Wildman–Crippen MR) is 62.8 cm³/mol. The Morgan fingerprint density at radius 3 is 2.53 bits per heavy atom. The number of alkyl halides is 3. The van der Waals surface area contributed by atoms with E-state index >= 15 is 0 Å². The molecule has 0 aromatic heterocycles. The van der Waals surface area contributed by atoms with Crippen LogP contribution in [-0.2, 0) is 6.18 Å². The number of rotatable bonds is 3. The molecule has 0 spiro atoms. The van der Waals surface area contributed by atoms with Crippen LogP contribution in [-0.4, -0.2) is 6.54 Å². The molecule has 1 aromatic rings. The second-order valence-electron chi connectivity index (χ2n) is 2.86. The largest absolute Gasteiger partial charge is 0.416 e. The highest BCUT2D eigenvalue weighted by atomic mass is 127. The number of halogens is 4. The van der Waals surface area contributed by atoms with Gasteiger partial charge in [0.1, 0.15) is 0 Å². The van der Waals surface area contributed by atoms with Gasteiger partial charge in [-0.1, -0.05) is 6.08 Å². The molecule has 0 aliphatic carbocycles. The van der Waals surface area contributed by atoms with Gasteiger partial charge in [0.2, 0.25) is 0 Å². The van der Waals surface area contributed by atoms with Gasteiger partial charge < -0.3 is 5.32 Å². The SMILES string of the molecule is C=CCNc1ccc(C(F)(F)F)cc1I. The minimum atomic E-state index is -4.28. The van der Waals surface area contributed by atoms with Gasteiger partial charge in [-0.3, -0.25) is 0 Å². The zero-order valence-corrected chi connectivity index (χ0v) is 9.89. The molecule has 0 bridgehead atoms. The van der Waals surface area contributed by atoms with Gasteiger partial charge in [-0.15, -0.1) is 6.58 Å². The van der Waals surface area contributed by atoms with Crippen LogP contribution in [0.1, 0.15) is 5.56 Å². The summed E-state index contributed by atoms with van der Waals surface area (Å²) in [7, 11) is 0. The maximum Gasteiger partial charge on any atom is 0.416 e. The molecule has 1 nitrogen and oxygen atoms in total. The van der Waals surface area contributed by atoms with E-state index in [0.717, 1.165) is 12.1 Å². The topological polar surface area (TPSA) is 12.0 Å². The van der Waals surface area contributed by atoms with E-state index in [0.29, 0.717) is 15.8 Å². The lowest BCUT2D eigenvalue weighted by molar-refractivity contribution is -0.137. The van der Waals surface area contributed by atoms with Crippen LogP contribution in [0.2, 0.25) is 0 Å². The normalized spacial score (nSPS) is 11.2. The van der Waals surface area contributed by atoms with E-state index in [4.69, 9.17) is 0 Å². The van der Waals surface area contributed by atoms with Crippen molar-refractivity contribution in [1.29, 1.82) is 0 Å². The summed E-state index contributed by atoms with van der Waals surface area (Å²) in [6.07, 6.45) is -2.63. The Hall–Kier alpha value is -0.720. The van der Waals surface area contributed by atoms with E-state index in [1.807, 2.05) is 22.6 Å². The summed E-state index contributed by atoms with van der Waals surface area (Å²) in [6.45, 7) is 4.05. The van der Waals surface area contributed by atoms with Crippen LogP contribution in [0.15, 0.2) is 30.9 Å². The molecular weight excluding hydrogens is 318 g/mol. The van der Waals surface area contributed by atoms with Crippen molar-refractivity contribution in [3.8, 4) is 0 Å². The number of hydrogen-bond donors (Lipinski definition) is 1. The Morgan fingerprint density at radius 1 is 1.40 bits per heavy atom. The second kappa shape index (κ2) is 4.87. The highest BCUT2D eigenvalue weighted by Gasteiger charge is 2.30. The first-order chi connectivity index (χ1) is 6.95. The molecule has 0 amide bonds. The third kappa shape index (κ3) is 3.40. The molecule has 0 saturated carbocycles. The van der Waals surface area contributed by atoms with Crippen molar-refractivity contribution < 1.29 is 13.2 Å². The summed E-state index contributed by atoms with van der Waals surface area (Å²) < 4.78 is 37.5. The van der Waals surface area contributed by atoms with Gasteiger partial charge in [-0.25, -0.2) is 0 Å². The Kier molecular flexibility index (Phi) is 4.01. The van der Waals surface area contributed by atoms with E-state index in [1.54, 1.807) is 6.08 Å². The van der Waals surface area contributed by atoms with Gasteiger partial charge in [0.05, 0.1) is 5.56 Å². The molecule has 0 aliphatic rings.